The molecule has 0 aliphatic carbocycles. The molecule has 30 heavy (non-hydrogen) atoms. The predicted octanol–water partition coefficient (Wildman–Crippen LogP) is 2.97. The normalized spacial score (nSPS) is 13.4. The Morgan fingerprint density at radius 1 is 1.17 bits per heavy atom. The molecule has 0 aromatic heterocycles. The highest BCUT2D eigenvalue weighted by Gasteiger charge is 2.26. The number of fused-ring (bicyclic) bond motifs is 1. The smallest absolute Gasteiger partial charge is 0.339 e. The first kappa shape index (κ1) is 21.0. The Morgan fingerprint density at radius 3 is 2.50 bits per heavy atom. The standard InChI is InChI=1S/C21H21N3O6/c1-12(30-21(27)16-4-6-17(22-3)19(11-16)24(28)29)20(26)15-5-7-18-14(10-15)8-9-23(18)13(2)25/h4-7,10-12,22H,8-9H2,1-3H3. The van der Waals surface area contributed by atoms with E-state index in [1.165, 1.54) is 33.0 Å². The quantitative estimate of drug-likeness (QED) is 0.336. The average Bonchev–Trinajstić information content (AvgIpc) is 3.16. The summed E-state index contributed by atoms with van der Waals surface area (Å²) in [5, 5.41) is 13.8. The minimum Gasteiger partial charge on any atom is -0.451 e. The number of Topliss-reactive ketones (excluding diaryl/α,β-unsaturated/α-hetero) is 1. The van der Waals surface area contributed by atoms with Crippen LogP contribution in [0.15, 0.2) is 36.4 Å². The predicted molar refractivity (Wildman–Crippen MR) is 110 cm³/mol. The topological polar surface area (TPSA) is 119 Å². The Kier molecular flexibility index (Phi) is 5.81. The van der Waals surface area contributed by atoms with Crippen LogP contribution in [0.2, 0.25) is 0 Å². The van der Waals surface area contributed by atoms with Gasteiger partial charge in [0, 0.05) is 37.8 Å². The van der Waals surface area contributed by atoms with Crippen molar-refractivity contribution in [1.82, 2.24) is 0 Å². The number of esters is 1. The van der Waals surface area contributed by atoms with Crippen LogP contribution in [-0.4, -0.2) is 42.3 Å². The van der Waals surface area contributed by atoms with Crippen LogP contribution < -0.4 is 10.2 Å². The Morgan fingerprint density at radius 2 is 1.87 bits per heavy atom. The number of amides is 1. The summed E-state index contributed by atoms with van der Waals surface area (Å²) in [6.07, 6.45) is -0.435. The van der Waals surface area contributed by atoms with E-state index in [4.69, 9.17) is 4.74 Å². The molecule has 9 nitrogen and oxygen atoms in total. The second-order valence-electron chi connectivity index (χ2n) is 6.91. The lowest BCUT2D eigenvalue weighted by Crippen LogP contribution is -2.26. The number of carbonyl (C=O) groups excluding carboxylic acids is 3. The van der Waals surface area contributed by atoms with Crippen molar-refractivity contribution in [1.29, 1.82) is 0 Å². The van der Waals surface area contributed by atoms with Crippen LogP contribution >= 0.6 is 0 Å². The van der Waals surface area contributed by atoms with Crippen molar-refractivity contribution in [2.24, 2.45) is 0 Å². The summed E-state index contributed by atoms with van der Waals surface area (Å²) in [5.74, 6) is -1.28. The molecule has 1 amide bonds. The third-order valence-corrected chi connectivity index (χ3v) is 4.99. The van der Waals surface area contributed by atoms with Gasteiger partial charge in [0.05, 0.1) is 10.5 Å². The zero-order chi connectivity index (χ0) is 22.0. The molecule has 1 aliphatic heterocycles. The molecular weight excluding hydrogens is 390 g/mol. The second-order valence-corrected chi connectivity index (χ2v) is 6.91. The summed E-state index contributed by atoms with van der Waals surface area (Å²) in [5.41, 5.74) is 2.01. The molecular formula is C21H21N3O6. The van der Waals surface area contributed by atoms with Gasteiger partial charge in [-0.3, -0.25) is 19.7 Å². The fourth-order valence-corrected chi connectivity index (χ4v) is 3.42. The van der Waals surface area contributed by atoms with E-state index in [2.05, 4.69) is 5.32 Å². The Labute approximate surface area is 172 Å². The van der Waals surface area contributed by atoms with Crippen molar-refractivity contribution in [3.05, 3.63) is 63.2 Å². The number of benzene rings is 2. The maximum atomic E-state index is 12.7. The molecule has 0 spiro atoms. The van der Waals surface area contributed by atoms with Crippen LogP contribution in [0.3, 0.4) is 0 Å². The monoisotopic (exact) mass is 411 g/mol. The third-order valence-electron chi connectivity index (χ3n) is 4.99. The third kappa shape index (κ3) is 4.00. The molecule has 156 valence electrons. The fourth-order valence-electron chi connectivity index (χ4n) is 3.42. The SMILES string of the molecule is CNc1ccc(C(=O)OC(C)C(=O)c2ccc3c(c2)CCN3C(C)=O)cc1[N+](=O)[O-]. The highest BCUT2D eigenvalue weighted by atomic mass is 16.6. The van der Waals surface area contributed by atoms with Crippen molar-refractivity contribution in [3.8, 4) is 0 Å². The maximum absolute atomic E-state index is 12.7. The number of rotatable bonds is 6. The lowest BCUT2D eigenvalue weighted by atomic mass is 10.0. The lowest BCUT2D eigenvalue weighted by Gasteiger charge is -2.16. The Balaban J connectivity index is 1.75. The first-order chi connectivity index (χ1) is 14.2. The van der Waals surface area contributed by atoms with Gasteiger partial charge in [0.1, 0.15) is 5.69 Å². The molecule has 1 aliphatic rings. The summed E-state index contributed by atoms with van der Waals surface area (Å²) in [7, 11) is 1.54. The number of nitro groups is 1. The molecule has 0 radical (unpaired) electrons. The summed E-state index contributed by atoms with van der Waals surface area (Å²) >= 11 is 0. The van der Waals surface area contributed by atoms with E-state index in [0.29, 0.717) is 18.5 Å². The number of ether oxygens (including phenoxy) is 1. The van der Waals surface area contributed by atoms with Gasteiger partial charge in [0.25, 0.3) is 5.69 Å². The number of ketones is 1. The van der Waals surface area contributed by atoms with Gasteiger partial charge in [0.2, 0.25) is 11.7 Å². The molecule has 2 aromatic carbocycles. The lowest BCUT2D eigenvalue weighted by molar-refractivity contribution is -0.384. The van der Waals surface area contributed by atoms with E-state index < -0.39 is 22.8 Å². The van der Waals surface area contributed by atoms with Gasteiger partial charge < -0.3 is 15.0 Å². The molecule has 1 heterocycles. The molecule has 1 atom stereocenters. The Hall–Kier alpha value is -3.75. The fraction of sp³-hybridized carbons (Fsp3) is 0.286. The van der Waals surface area contributed by atoms with Crippen molar-refractivity contribution in [3.63, 3.8) is 0 Å². The van der Waals surface area contributed by atoms with E-state index in [1.807, 2.05) is 0 Å². The molecule has 0 bridgehead atoms. The number of nitro benzene ring substituents is 1. The van der Waals surface area contributed by atoms with Crippen LogP contribution in [0.1, 0.15) is 40.1 Å². The number of nitrogens with one attached hydrogen (secondary N) is 1. The largest absolute Gasteiger partial charge is 0.451 e. The average molecular weight is 411 g/mol. The minimum atomic E-state index is -1.08. The van der Waals surface area contributed by atoms with Crippen LogP contribution in [0.4, 0.5) is 17.1 Å². The number of nitrogens with zero attached hydrogens (tertiary/aromatic N) is 2. The molecule has 0 saturated carbocycles. The molecule has 2 aromatic rings. The highest BCUT2D eigenvalue weighted by molar-refractivity contribution is 6.03. The van der Waals surface area contributed by atoms with Crippen molar-refractivity contribution < 1.29 is 24.0 Å². The van der Waals surface area contributed by atoms with E-state index in [1.54, 1.807) is 23.1 Å². The minimum absolute atomic E-state index is 0.0218. The summed E-state index contributed by atoms with van der Waals surface area (Å²) in [4.78, 5) is 49.0. The van der Waals surface area contributed by atoms with Crippen LogP contribution in [0.5, 0.6) is 0 Å². The van der Waals surface area contributed by atoms with Crippen LogP contribution in [-0.2, 0) is 16.0 Å². The number of carbonyl (C=O) groups is 3. The molecule has 1 N–H and O–H groups in total. The summed E-state index contributed by atoms with van der Waals surface area (Å²) in [6.45, 7) is 3.50. The van der Waals surface area contributed by atoms with E-state index in [9.17, 15) is 24.5 Å². The van der Waals surface area contributed by atoms with Gasteiger partial charge in [-0.2, -0.15) is 0 Å². The second kappa shape index (κ2) is 8.32. The maximum Gasteiger partial charge on any atom is 0.339 e. The highest BCUT2D eigenvalue weighted by Crippen LogP contribution is 2.30. The van der Waals surface area contributed by atoms with Gasteiger partial charge in [-0.05, 0) is 49.2 Å². The first-order valence-electron chi connectivity index (χ1n) is 9.35. The summed E-state index contributed by atoms with van der Waals surface area (Å²) < 4.78 is 5.24. The van der Waals surface area contributed by atoms with Gasteiger partial charge >= 0.3 is 5.97 Å². The summed E-state index contributed by atoms with van der Waals surface area (Å²) in [6, 6.07) is 8.92. The van der Waals surface area contributed by atoms with Crippen molar-refractivity contribution >= 4 is 34.7 Å². The zero-order valence-electron chi connectivity index (χ0n) is 16.8. The molecule has 9 heteroatoms. The van der Waals surface area contributed by atoms with Crippen molar-refractivity contribution in [2.75, 3.05) is 23.8 Å². The van der Waals surface area contributed by atoms with E-state index in [0.717, 1.165) is 17.3 Å². The van der Waals surface area contributed by atoms with Crippen molar-refractivity contribution in [2.45, 2.75) is 26.4 Å². The van der Waals surface area contributed by atoms with Gasteiger partial charge in [-0.1, -0.05) is 0 Å². The number of hydrogen-bond donors (Lipinski definition) is 1. The first-order valence-corrected chi connectivity index (χ1v) is 9.35. The molecule has 0 saturated heterocycles. The number of anilines is 2. The van der Waals surface area contributed by atoms with Gasteiger partial charge in [0.15, 0.2) is 6.10 Å². The van der Waals surface area contributed by atoms with Gasteiger partial charge in [-0.15, -0.1) is 0 Å². The van der Waals surface area contributed by atoms with E-state index >= 15 is 0 Å². The Bertz CT molecular complexity index is 1050. The van der Waals surface area contributed by atoms with Crippen LogP contribution in [0.25, 0.3) is 0 Å². The molecule has 1 unspecified atom stereocenters. The molecule has 3 rings (SSSR count). The van der Waals surface area contributed by atoms with Crippen LogP contribution in [0, 0.1) is 10.1 Å². The number of hydrogen-bond acceptors (Lipinski definition) is 7. The molecule has 0 fully saturated rings. The van der Waals surface area contributed by atoms with E-state index in [-0.39, 0.29) is 22.8 Å². The van der Waals surface area contributed by atoms with Gasteiger partial charge in [-0.25, -0.2) is 4.79 Å². The zero-order valence-corrected chi connectivity index (χ0v) is 16.8.